The van der Waals surface area contributed by atoms with Crippen LogP contribution in [0, 0.1) is 17.5 Å². The molecule has 0 bridgehead atoms. The first kappa shape index (κ1) is 13.3. The summed E-state index contributed by atoms with van der Waals surface area (Å²) in [6.45, 7) is 0. The summed E-state index contributed by atoms with van der Waals surface area (Å²) in [7, 11) is 0. The Labute approximate surface area is 110 Å². The van der Waals surface area contributed by atoms with Crippen molar-refractivity contribution in [3.8, 4) is 0 Å². The molecule has 0 aliphatic heterocycles. The molecule has 0 aliphatic rings. The highest BCUT2D eigenvalue weighted by Gasteiger charge is 2.13. The number of rotatable bonds is 2. The molecule has 1 N–H and O–H groups in total. The molecule has 2 aromatic rings. The van der Waals surface area contributed by atoms with E-state index in [1.54, 1.807) is 0 Å². The lowest BCUT2D eigenvalue weighted by atomic mass is 10.2. The van der Waals surface area contributed by atoms with E-state index < -0.39 is 23.4 Å². The third kappa shape index (κ3) is 3.00. The SMILES string of the molecule is O=C(Nc1cc(F)c(F)c(F)c1)c1ccc(Cl)nn1. The Kier molecular flexibility index (Phi) is 3.66. The van der Waals surface area contributed by atoms with E-state index in [0.29, 0.717) is 12.1 Å². The Morgan fingerprint density at radius 2 is 1.74 bits per heavy atom. The van der Waals surface area contributed by atoms with Gasteiger partial charge in [-0.15, -0.1) is 10.2 Å². The summed E-state index contributed by atoms with van der Waals surface area (Å²) in [5.41, 5.74) is -0.340. The van der Waals surface area contributed by atoms with Gasteiger partial charge in [-0.25, -0.2) is 13.2 Å². The Bertz CT molecular complexity index is 611. The van der Waals surface area contributed by atoms with Crippen molar-refractivity contribution < 1.29 is 18.0 Å². The maximum absolute atomic E-state index is 12.9. The minimum absolute atomic E-state index is 0.0930. The van der Waals surface area contributed by atoms with Crippen LogP contribution in [0.5, 0.6) is 0 Å². The van der Waals surface area contributed by atoms with Gasteiger partial charge in [-0.3, -0.25) is 4.79 Å². The van der Waals surface area contributed by atoms with Crippen molar-refractivity contribution in [3.05, 3.63) is 52.6 Å². The third-order valence-electron chi connectivity index (χ3n) is 2.11. The molecule has 1 heterocycles. The molecule has 0 unspecified atom stereocenters. The number of nitrogens with one attached hydrogen (secondary N) is 1. The lowest BCUT2D eigenvalue weighted by molar-refractivity contribution is 0.102. The molecule has 0 aliphatic carbocycles. The predicted molar refractivity (Wildman–Crippen MR) is 61.3 cm³/mol. The quantitative estimate of drug-likeness (QED) is 0.864. The van der Waals surface area contributed by atoms with Crippen LogP contribution in [0.2, 0.25) is 5.15 Å². The van der Waals surface area contributed by atoms with E-state index in [0.717, 1.165) is 0 Å². The predicted octanol–water partition coefficient (Wildman–Crippen LogP) is 2.80. The fraction of sp³-hybridized carbons (Fsp3) is 0. The van der Waals surface area contributed by atoms with Crippen molar-refractivity contribution >= 4 is 23.2 Å². The second kappa shape index (κ2) is 5.23. The van der Waals surface area contributed by atoms with Gasteiger partial charge in [-0.2, -0.15) is 0 Å². The van der Waals surface area contributed by atoms with Gasteiger partial charge in [0.2, 0.25) is 0 Å². The maximum atomic E-state index is 12.9. The van der Waals surface area contributed by atoms with E-state index >= 15 is 0 Å². The fourth-order valence-electron chi connectivity index (χ4n) is 1.26. The van der Waals surface area contributed by atoms with E-state index in [1.165, 1.54) is 12.1 Å². The Morgan fingerprint density at radius 3 is 2.26 bits per heavy atom. The van der Waals surface area contributed by atoms with Crippen LogP contribution in [-0.2, 0) is 0 Å². The molecule has 4 nitrogen and oxygen atoms in total. The van der Waals surface area contributed by atoms with Crippen molar-refractivity contribution in [2.45, 2.75) is 0 Å². The van der Waals surface area contributed by atoms with Crippen LogP contribution < -0.4 is 5.32 Å². The molecule has 0 fully saturated rings. The average Bonchev–Trinajstić information content (AvgIpc) is 2.36. The summed E-state index contributed by atoms with van der Waals surface area (Å²) >= 11 is 5.49. The Balaban J connectivity index is 2.22. The van der Waals surface area contributed by atoms with E-state index in [2.05, 4.69) is 15.5 Å². The van der Waals surface area contributed by atoms with Crippen LogP contribution in [-0.4, -0.2) is 16.1 Å². The molecule has 0 radical (unpaired) electrons. The average molecular weight is 288 g/mol. The molecular formula is C11H5ClF3N3O. The van der Waals surface area contributed by atoms with Crippen LogP contribution in [0.15, 0.2) is 24.3 Å². The minimum Gasteiger partial charge on any atom is -0.320 e. The van der Waals surface area contributed by atoms with E-state index in [-0.39, 0.29) is 16.5 Å². The normalized spacial score (nSPS) is 10.3. The topological polar surface area (TPSA) is 54.9 Å². The lowest BCUT2D eigenvalue weighted by Crippen LogP contribution is -2.14. The van der Waals surface area contributed by atoms with Crippen molar-refractivity contribution in [1.29, 1.82) is 0 Å². The fourth-order valence-corrected chi connectivity index (χ4v) is 1.36. The maximum Gasteiger partial charge on any atom is 0.276 e. The van der Waals surface area contributed by atoms with Gasteiger partial charge in [0.05, 0.1) is 0 Å². The summed E-state index contributed by atoms with van der Waals surface area (Å²) in [6.07, 6.45) is 0. The summed E-state index contributed by atoms with van der Waals surface area (Å²) < 4.78 is 38.6. The van der Waals surface area contributed by atoms with Crippen molar-refractivity contribution in [1.82, 2.24) is 10.2 Å². The number of carbonyl (C=O) groups is 1. The zero-order chi connectivity index (χ0) is 14.0. The second-order valence-corrected chi connectivity index (χ2v) is 3.84. The molecule has 2 rings (SSSR count). The number of carbonyl (C=O) groups excluding carboxylic acids is 1. The number of nitrogens with zero attached hydrogens (tertiary/aromatic N) is 2. The number of halogens is 4. The number of benzene rings is 1. The van der Waals surface area contributed by atoms with Gasteiger partial charge in [0.15, 0.2) is 28.3 Å². The van der Waals surface area contributed by atoms with Crippen molar-refractivity contribution in [2.24, 2.45) is 0 Å². The number of hydrogen-bond acceptors (Lipinski definition) is 3. The molecule has 0 saturated heterocycles. The van der Waals surface area contributed by atoms with Crippen molar-refractivity contribution in [3.63, 3.8) is 0 Å². The monoisotopic (exact) mass is 287 g/mol. The van der Waals surface area contributed by atoms with Gasteiger partial charge in [-0.1, -0.05) is 11.6 Å². The van der Waals surface area contributed by atoms with Crippen LogP contribution in [0.3, 0.4) is 0 Å². The first-order valence-electron chi connectivity index (χ1n) is 4.92. The van der Waals surface area contributed by atoms with E-state index in [4.69, 9.17) is 11.6 Å². The zero-order valence-corrected chi connectivity index (χ0v) is 9.88. The molecule has 8 heteroatoms. The molecule has 1 amide bonds. The summed E-state index contributed by atoms with van der Waals surface area (Å²) in [6, 6.07) is 3.91. The molecule has 98 valence electrons. The van der Waals surface area contributed by atoms with Gasteiger partial charge < -0.3 is 5.32 Å². The molecule has 0 atom stereocenters. The van der Waals surface area contributed by atoms with E-state index in [9.17, 15) is 18.0 Å². The molecule has 19 heavy (non-hydrogen) atoms. The summed E-state index contributed by atoms with van der Waals surface area (Å²) in [4.78, 5) is 11.6. The standard InChI is InChI=1S/C11H5ClF3N3O/c12-9-2-1-8(17-18-9)11(19)16-5-3-6(13)10(15)7(14)4-5/h1-4H,(H,16,19). The molecule has 0 saturated carbocycles. The number of amides is 1. The largest absolute Gasteiger partial charge is 0.320 e. The lowest BCUT2D eigenvalue weighted by Gasteiger charge is -2.05. The van der Waals surface area contributed by atoms with Crippen LogP contribution >= 0.6 is 11.6 Å². The highest BCUT2D eigenvalue weighted by atomic mass is 35.5. The summed E-state index contributed by atoms with van der Waals surface area (Å²) in [5, 5.41) is 9.17. The zero-order valence-electron chi connectivity index (χ0n) is 9.12. The van der Waals surface area contributed by atoms with Gasteiger partial charge >= 0.3 is 0 Å². The third-order valence-corrected chi connectivity index (χ3v) is 2.31. The first-order valence-corrected chi connectivity index (χ1v) is 5.30. The van der Waals surface area contributed by atoms with E-state index in [1.807, 2.05) is 0 Å². The molecule has 0 spiro atoms. The van der Waals surface area contributed by atoms with Gasteiger partial charge in [0.25, 0.3) is 5.91 Å². The highest BCUT2D eigenvalue weighted by molar-refractivity contribution is 6.29. The van der Waals surface area contributed by atoms with Crippen LogP contribution in [0.1, 0.15) is 10.5 Å². The van der Waals surface area contributed by atoms with Crippen LogP contribution in [0.4, 0.5) is 18.9 Å². The minimum atomic E-state index is -1.61. The van der Waals surface area contributed by atoms with Gasteiger partial charge in [0.1, 0.15) is 0 Å². The number of hydrogen-bond donors (Lipinski definition) is 1. The Morgan fingerprint density at radius 1 is 1.11 bits per heavy atom. The Hall–Kier alpha value is -2.15. The van der Waals surface area contributed by atoms with Gasteiger partial charge in [0, 0.05) is 17.8 Å². The molecular weight excluding hydrogens is 283 g/mol. The smallest absolute Gasteiger partial charge is 0.276 e. The molecule has 1 aromatic carbocycles. The second-order valence-electron chi connectivity index (χ2n) is 3.45. The van der Waals surface area contributed by atoms with Crippen molar-refractivity contribution in [2.75, 3.05) is 5.32 Å². The number of aromatic nitrogens is 2. The van der Waals surface area contributed by atoms with Gasteiger partial charge in [-0.05, 0) is 12.1 Å². The molecule has 1 aromatic heterocycles. The highest BCUT2D eigenvalue weighted by Crippen LogP contribution is 2.17. The van der Waals surface area contributed by atoms with Crippen LogP contribution in [0.25, 0.3) is 0 Å². The number of anilines is 1. The summed E-state index contributed by atoms with van der Waals surface area (Å²) in [5.74, 6) is -5.17. The first-order chi connectivity index (χ1) is 8.97.